The maximum absolute atomic E-state index is 12.9. The third kappa shape index (κ3) is 5.66. The molecule has 2 heterocycles. The topological polar surface area (TPSA) is 30.0 Å². The normalized spacial score (nSPS) is 17.5. The highest BCUT2D eigenvalue weighted by molar-refractivity contribution is 5.78. The molecular formula is C26H36N4O. The maximum Gasteiger partial charge on any atom is 0.236 e. The highest BCUT2D eigenvalue weighted by atomic mass is 16.2. The average molecular weight is 421 g/mol. The fourth-order valence-electron chi connectivity index (χ4n) is 4.77. The fourth-order valence-corrected chi connectivity index (χ4v) is 4.77. The van der Waals surface area contributed by atoms with Gasteiger partial charge in [0, 0.05) is 58.0 Å². The van der Waals surface area contributed by atoms with Crippen LogP contribution in [0.3, 0.4) is 0 Å². The number of hydrogen-bond donors (Lipinski definition) is 0. The van der Waals surface area contributed by atoms with Crippen LogP contribution in [0.1, 0.15) is 29.5 Å². The molecule has 0 aliphatic carbocycles. The summed E-state index contributed by atoms with van der Waals surface area (Å²) < 4.78 is 0. The zero-order valence-corrected chi connectivity index (χ0v) is 19.1. The molecule has 5 nitrogen and oxygen atoms in total. The lowest BCUT2D eigenvalue weighted by Crippen LogP contribution is -2.50. The van der Waals surface area contributed by atoms with E-state index in [1.54, 1.807) is 0 Å². The van der Waals surface area contributed by atoms with Crippen LogP contribution in [0.4, 0.5) is 5.69 Å². The van der Waals surface area contributed by atoms with E-state index in [9.17, 15) is 4.79 Å². The van der Waals surface area contributed by atoms with Gasteiger partial charge >= 0.3 is 0 Å². The van der Waals surface area contributed by atoms with Crippen molar-refractivity contribution in [3.05, 3.63) is 65.2 Å². The minimum atomic E-state index is 0.247. The molecule has 0 radical (unpaired) electrons. The number of anilines is 1. The Hall–Kier alpha value is -2.37. The van der Waals surface area contributed by atoms with E-state index in [-0.39, 0.29) is 5.91 Å². The van der Waals surface area contributed by atoms with Crippen molar-refractivity contribution < 1.29 is 4.79 Å². The van der Waals surface area contributed by atoms with E-state index in [0.717, 1.165) is 52.4 Å². The molecule has 0 unspecified atom stereocenters. The molecule has 166 valence electrons. The van der Waals surface area contributed by atoms with E-state index >= 15 is 0 Å². The van der Waals surface area contributed by atoms with E-state index in [2.05, 4.69) is 77.2 Å². The summed E-state index contributed by atoms with van der Waals surface area (Å²) in [6, 6.07) is 17.3. The fraction of sp³-hybridized carbons (Fsp3) is 0.500. The Bertz CT molecular complexity index is 869. The van der Waals surface area contributed by atoms with Crippen molar-refractivity contribution in [3.63, 3.8) is 0 Å². The predicted octanol–water partition coefficient (Wildman–Crippen LogP) is 3.37. The van der Waals surface area contributed by atoms with E-state index in [4.69, 9.17) is 0 Å². The number of carbonyl (C=O) groups excluding carboxylic acids is 1. The molecule has 2 aliphatic heterocycles. The van der Waals surface area contributed by atoms with Crippen LogP contribution in [0.25, 0.3) is 0 Å². The molecule has 4 rings (SSSR count). The summed E-state index contributed by atoms with van der Waals surface area (Å²) in [5.41, 5.74) is 5.39. The molecule has 5 heteroatoms. The first-order valence-corrected chi connectivity index (χ1v) is 11.7. The van der Waals surface area contributed by atoms with Crippen LogP contribution < -0.4 is 4.90 Å². The maximum atomic E-state index is 12.9. The quantitative estimate of drug-likeness (QED) is 0.687. The molecule has 0 saturated carbocycles. The van der Waals surface area contributed by atoms with Crippen LogP contribution in [0.15, 0.2) is 48.5 Å². The number of rotatable bonds is 7. The van der Waals surface area contributed by atoms with Gasteiger partial charge in [-0.15, -0.1) is 0 Å². The average Bonchev–Trinajstić information content (AvgIpc) is 3.31. The molecule has 0 spiro atoms. The van der Waals surface area contributed by atoms with Gasteiger partial charge in [-0.1, -0.05) is 42.5 Å². The molecule has 0 N–H and O–H groups in total. The number of hydrogen-bond acceptors (Lipinski definition) is 4. The van der Waals surface area contributed by atoms with Gasteiger partial charge in [0.2, 0.25) is 5.91 Å². The highest BCUT2D eigenvalue weighted by Gasteiger charge is 2.23. The minimum Gasteiger partial charge on any atom is -0.371 e. The van der Waals surface area contributed by atoms with Gasteiger partial charge in [-0.05, 0) is 49.6 Å². The lowest BCUT2D eigenvalue weighted by molar-refractivity contribution is -0.134. The summed E-state index contributed by atoms with van der Waals surface area (Å²) in [5.74, 6) is 0.247. The summed E-state index contributed by atoms with van der Waals surface area (Å²) in [7, 11) is 2.06. The number of piperazine rings is 1. The van der Waals surface area contributed by atoms with Crippen molar-refractivity contribution >= 4 is 11.6 Å². The Labute approximate surface area is 187 Å². The Morgan fingerprint density at radius 1 is 0.871 bits per heavy atom. The molecule has 2 fully saturated rings. The number of nitrogens with zero attached hydrogens (tertiary/aromatic N) is 4. The third-order valence-corrected chi connectivity index (χ3v) is 6.66. The van der Waals surface area contributed by atoms with Gasteiger partial charge in [-0.25, -0.2) is 0 Å². The second kappa shape index (κ2) is 10.3. The van der Waals surface area contributed by atoms with Crippen LogP contribution in [0.5, 0.6) is 0 Å². The summed E-state index contributed by atoms with van der Waals surface area (Å²) in [6.07, 6.45) is 2.55. The lowest BCUT2D eigenvalue weighted by atomic mass is 10.1. The summed E-state index contributed by atoms with van der Waals surface area (Å²) >= 11 is 0. The van der Waals surface area contributed by atoms with Gasteiger partial charge in [0.1, 0.15) is 0 Å². The first kappa shape index (κ1) is 21.8. The SMILES string of the molecule is Cc1ccccc1CN1CCN(C(=O)CN(C)Cc2ccccc2N2CCCC2)CC1. The van der Waals surface area contributed by atoms with Crippen molar-refractivity contribution in [2.45, 2.75) is 32.9 Å². The predicted molar refractivity (Wildman–Crippen MR) is 127 cm³/mol. The molecule has 2 aromatic rings. The molecule has 31 heavy (non-hydrogen) atoms. The van der Waals surface area contributed by atoms with Gasteiger partial charge < -0.3 is 9.80 Å². The van der Waals surface area contributed by atoms with Crippen molar-refractivity contribution in [3.8, 4) is 0 Å². The standard InChI is InChI=1S/C26H36N4O/c1-22-9-3-4-10-23(22)20-28-15-17-30(18-16-28)26(31)21-27(2)19-24-11-5-6-12-25(24)29-13-7-8-14-29/h3-6,9-12H,7-8,13-21H2,1-2H3. The Balaban J connectivity index is 1.26. The van der Waals surface area contributed by atoms with E-state index in [0.29, 0.717) is 6.54 Å². The molecule has 2 aliphatic rings. The van der Waals surface area contributed by atoms with Crippen molar-refractivity contribution in [1.29, 1.82) is 0 Å². The molecule has 1 amide bonds. The van der Waals surface area contributed by atoms with Crippen LogP contribution >= 0.6 is 0 Å². The number of amides is 1. The summed E-state index contributed by atoms with van der Waals surface area (Å²) in [6.45, 7) is 10.3. The summed E-state index contributed by atoms with van der Waals surface area (Å²) in [5, 5.41) is 0. The second-order valence-corrected chi connectivity index (χ2v) is 9.08. The molecular weight excluding hydrogens is 384 g/mol. The minimum absolute atomic E-state index is 0.247. The molecule has 0 atom stereocenters. The number of likely N-dealkylation sites (N-methyl/N-ethyl adjacent to an activating group) is 1. The van der Waals surface area contributed by atoms with E-state index in [1.807, 2.05) is 4.90 Å². The lowest BCUT2D eigenvalue weighted by Gasteiger charge is -2.35. The van der Waals surface area contributed by atoms with Crippen molar-refractivity contribution in [1.82, 2.24) is 14.7 Å². The monoisotopic (exact) mass is 420 g/mol. The van der Waals surface area contributed by atoms with Crippen LogP contribution in [0.2, 0.25) is 0 Å². The largest absolute Gasteiger partial charge is 0.371 e. The Morgan fingerprint density at radius 2 is 1.52 bits per heavy atom. The van der Waals surface area contributed by atoms with Crippen molar-refractivity contribution in [2.75, 3.05) is 57.8 Å². The smallest absolute Gasteiger partial charge is 0.236 e. The van der Waals surface area contributed by atoms with Gasteiger partial charge in [-0.2, -0.15) is 0 Å². The zero-order chi connectivity index (χ0) is 21.6. The van der Waals surface area contributed by atoms with Crippen LogP contribution in [0, 0.1) is 6.92 Å². The van der Waals surface area contributed by atoms with Crippen molar-refractivity contribution in [2.24, 2.45) is 0 Å². The second-order valence-electron chi connectivity index (χ2n) is 9.08. The highest BCUT2D eigenvalue weighted by Crippen LogP contribution is 2.25. The molecule has 0 bridgehead atoms. The van der Waals surface area contributed by atoms with Crippen LogP contribution in [-0.2, 0) is 17.9 Å². The van der Waals surface area contributed by atoms with Gasteiger partial charge in [0.05, 0.1) is 6.54 Å². The van der Waals surface area contributed by atoms with Gasteiger partial charge in [-0.3, -0.25) is 14.6 Å². The first-order chi connectivity index (χ1) is 15.1. The number of carbonyl (C=O) groups is 1. The number of para-hydroxylation sites is 1. The first-order valence-electron chi connectivity index (χ1n) is 11.7. The van der Waals surface area contributed by atoms with Crippen LogP contribution in [-0.4, -0.2) is 73.5 Å². The molecule has 0 aromatic heterocycles. The number of aryl methyl sites for hydroxylation is 1. The zero-order valence-electron chi connectivity index (χ0n) is 19.1. The van der Waals surface area contributed by atoms with E-state index in [1.165, 1.54) is 35.2 Å². The Kier molecular flexibility index (Phi) is 7.25. The number of benzene rings is 2. The summed E-state index contributed by atoms with van der Waals surface area (Å²) in [4.78, 5) is 22.1. The van der Waals surface area contributed by atoms with Gasteiger partial charge in [0.25, 0.3) is 0 Å². The molecule has 2 aromatic carbocycles. The molecule has 2 saturated heterocycles. The Morgan fingerprint density at radius 3 is 2.23 bits per heavy atom. The third-order valence-electron chi connectivity index (χ3n) is 6.66. The van der Waals surface area contributed by atoms with Gasteiger partial charge in [0.15, 0.2) is 0 Å². The van der Waals surface area contributed by atoms with E-state index < -0.39 is 0 Å².